The average Bonchev–Trinajstić information content (AvgIpc) is 2.89. The zero-order valence-corrected chi connectivity index (χ0v) is 9.88. The summed E-state index contributed by atoms with van der Waals surface area (Å²) in [5, 5.41) is 3.77. The van der Waals surface area contributed by atoms with Crippen LogP contribution in [0.5, 0.6) is 0 Å². The highest BCUT2D eigenvalue weighted by Crippen LogP contribution is 2.33. The minimum absolute atomic E-state index is 0.113. The Bertz CT molecular complexity index is 540. The van der Waals surface area contributed by atoms with Crippen LogP contribution in [-0.4, -0.2) is 27.8 Å². The number of hydrogen-bond acceptors (Lipinski definition) is 6. The highest BCUT2D eigenvalue weighted by atomic mass is 32.2. The Labute approximate surface area is 100 Å². The lowest BCUT2D eigenvalue weighted by Crippen LogP contribution is -2.09. The van der Waals surface area contributed by atoms with Crippen molar-refractivity contribution in [2.75, 3.05) is 6.61 Å². The van der Waals surface area contributed by atoms with Crippen LogP contribution in [0.4, 0.5) is 0 Å². The van der Waals surface area contributed by atoms with E-state index in [2.05, 4.69) is 9.97 Å². The normalized spacial score (nSPS) is 20.2. The zero-order chi connectivity index (χ0) is 11.0. The van der Waals surface area contributed by atoms with Crippen molar-refractivity contribution in [3.8, 4) is 0 Å². The van der Waals surface area contributed by atoms with Gasteiger partial charge in [-0.25, -0.2) is 9.97 Å². The predicted molar refractivity (Wildman–Crippen MR) is 62.6 cm³/mol. The van der Waals surface area contributed by atoms with Crippen molar-refractivity contribution in [1.29, 1.82) is 0 Å². The molecule has 0 aliphatic carbocycles. The quantitative estimate of drug-likeness (QED) is 0.605. The second kappa shape index (κ2) is 4.03. The van der Waals surface area contributed by atoms with Crippen molar-refractivity contribution < 1.29 is 9.53 Å². The van der Waals surface area contributed by atoms with E-state index in [1.807, 2.05) is 11.4 Å². The van der Waals surface area contributed by atoms with E-state index in [-0.39, 0.29) is 11.2 Å². The summed E-state index contributed by atoms with van der Waals surface area (Å²) in [6, 6.07) is 1.99. The van der Waals surface area contributed by atoms with Crippen LogP contribution in [0.15, 0.2) is 22.8 Å². The van der Waals surface area contributed by atoms with Gasteiger partial charge < -0.3 is 4.74 Å². The van der Waals surface area contributed by atoms with E-state index in [1.54, 1.807) is 17.7 Å². The summed E-state index contributed by atoms with van der Waals surface area (Å²) in [6.07, 6.45) is 2.31. The standard InChI is InChI=1S/C10H8N2O2S2/c13-10-7(1-3-14-10)16-9-6-2-4-15-8(6)11-5-12-9/h2,4-5,7H,1,3H2/t7-/m1/s1. The van der Waals surface area contributed by atoms with Gasteiger partial charge in [-0.15, -0.1) is 11.3 Å². The number of carbonyl (C=O) groups excluding carboxylic acids is 1. The summed E-state index contributed by atoms with van der Waals surface area (Å²) >= 11 is 3.05. The second-order valence-corrected chi connectivity index (χ2v) is 5.47. The topological polar surface area (TPSA) is 52.1 Å². The summed E-state index contributed by atoms with van der Waals surface area (Å²) in [7, 11) is 0. The van der Waals surface area contributed by atoms with Crippen molar-refractivity contribution in [2.45, 2.75) is 16.7 Å². The smallest absolute Gasteiger partial charge is 0.319 e. The number of fused-ring (bicyclic) bond motifs is 1. The fourth-order valence-corrected chi connectivity index (χ4v) is 3.43. The van der Waals surface area contributed by atoms with Gasteiger partial charge in [0.2, 0.25) is 0 Å². The molecule has 0 amide bonds. The van der Waals surface area contributed by atoms with E-state index in [9.17, 15) is 4.79 Å². The molecule has 1 fully saturated rings. The van der Waals surface area contributed by atoms with Crippen LogP contribution >= 0.6 is 23.1 Å². The lowest BCUT2D eigenvalue weighted by atomic mass is 10.4. The van der Waals surface area contributed by atoms with E-state index in [1.165, 1.54) is 11.8 Å². The molecule has 82 valence electrons. The van der Waals surface area contributed by atoms with Gasteiger partial charge in [-0.2, -0.15) is 0 Å². The van der Waals surface area contributed by atoms with Gasteiger partial charge >= 0.3 is 5.97 Å². The highest BCUT2D eigenvalue weighted by molar-refractivity contribution is 8.00. The summed E-state index contributed by atoms with van der Waals surface area (Å²) in [5.74, 6) is -0.132. The fraction of sp³-hybridized carbons (Fsp3) is 0.300. The lowest BCUT2D eigenvalue weighted by molar-refractivity contribution is -0.137. The molecule has 3 heterocycles. The Morgan fingerprint density at radius 3 is 3.25 bits per heavy atom. The van der Waals surface area contributed by atoms with Crippen LogP contribution in [0.3, 0.4) is 0 Å². The van der Waals surface area contributed by atoms with E-state index < -0.39 is 0 Å². The van der Waals surface area contributed by atoms with E-state index in [4.69, 9.17) is 4.74 Å². The summed E-state index contributed by atoms with van der Waals surface area (Å²) in [5.41, 5.74) is 0. The average molecular weight is 252 g/mol. The zero-order valence-electron chi connectivity index (χ0n) is 8.25. The number of thiophene rings is 1. The number of cyclic esters (lactones) is 1. The summed E-state index contributed by atoms with van der Waals surface area (Å²) in [4.78, 5) is 20.7. The largest absolute Gasteiger partial charge is 0.465 e. The number of esters is 1. The minimum Gasteiger partial charge on any atom is -0.465 e. The van der Waals surface area contributed by atoms with Crippen LogP contribution in [0.1, 0.15) is 6.42 Å². The Hall–Kier alpha value is -1.14. The van der Waals surface area contributed by atoms with E-state index in [0.29, 0.717) is 6.61 Å². The third kappa shape index (κ3) is 1.68. The molecule has 4 nitrogen and oxygen atoms in total. The molecule has 1 aliphatic rings. The third-order valence-corrected chi connectivity index (χ3v) is 4.45. The van der Waals surface area contributed by atoms with Crippen molar-refractivity contribution in [3.05, 3.63) is 17.8 Å². The third-order valence-electron chi connectivity index (χ3n) is 2.37. The number of thioether (sulfide) groups is 1. The maximum Gasteiger partial charge on any atom is 0.319 e. The van der Waals surface area contributed by atoms with E-state index >= 15 is 0 Å². The van der Waals surface area contributed by atoms with Gasteiger partial charge in [0.15, 0.2) is 0 Å². The molecule has 0 spiro atoms. The molecule has 0 saturated carbocycles. The minimum atomic E-state index is -0.132. The molecule has 16 heavy (non-hydrogen) atoms. The lowest BCUT2D eigenvalue weighted by Gasteiger charge is -2.04. The number of nitrogens with zero attached hydrogens (tertiary/aromatic N) is 2. The predicted octanol–water partition coefficient (Wildman–Crippen LogP) is 2.10. The molecule has 1 atom stereocenters. The first-order valence-electron chi connectivity index (χ1n) is 4.86. The number of carbonyl (C=O) groups is 1. The first kappa shape index (κ1) is 10.0. The molecule has 2 aromatic rings. The first-order valence-corrected chi connectivity index (χ1v) is 6.62. The molecule has 3 rings (SSSR count). The Morgan fingerprint density at radius 1 is 1.50 bits per heavy atom. The van der Waals surface area contributed by atoms with E-state index in [0.717, 1.165) is 21.7 Å². The number of rotatable bonds is 2. The summed E-state index contributed by atoms with van der Waals surface area (Å²) < 4.78 is 4.93. The molecular weight excluding hydrogens is 244 g/mol. The SMILES string of the molecule is O=C1OCC[C@H]1Sc1ncnc2sccc12. The molecule has 2 aromatic heterocycles. The van der Waals surface area contributed by atoms with Gasteiger partial charge in [0, 0.05) is 11.8 Å². The van der Waals surface area contributed by atoms with Crippen LogP contribution in [0, 0.1) is 0 Å². The van der Waals surface area contributed by atoms with Crippen LogP contribution in [0.2, 0.25) is 0 Å². The van der Waals surface area contributed by atoms with Crippen LogP contribution in [0.25, 0.3) is 10.2 Å². The number of hydrogen-bond donors (Lipinski definition) is 0. The molecule has 0 N–H and O–H groups in total. The van der Waals surface area contributed by atoms with Crippen molar-refractivity contribution in [3.63, 3.8) is 0 Å². The van der Waals surface area contributed by atoms with Gasteiger partial charge in [0.25, 0.3) is 0 Å². The highest BCUT2D eigenvalue weighted by Gasteiger charge is 2.28. The summed E-state index contributed by atoms with van der Waals surface area (Å²) in [6.45, 7) is 0.522. The van der Waals surface area contributed by atoms with Crippen molar-refractivity contribution >= 4 is 39.3 Å². The van der Waals surface area contributed by atoms with Crippen molar-refractivity contribution in [1.82, 2.24) is 9.97 Å². The second-order valence-electron chi connectivity index (χ2n) is 3.38. The molecule has 1 aliphatic heterocycles. The van der Waals surface area contributed by atoms with Crippen LogP contribution in [-0.2, 0) is 9.53 Å². The number of aromatic nitrogens is 2. The van der Waals surface area contributed by atoms with Gasteiger partial charge in [-0.1, -0.05) is 11.8 Å². The maximum absolute atomic E-state index is 11.4. The van der Waals surface area contributed by atoms with Gasteiger partial charge in [0.1, 0.15) is 21.4 Å². The maximum atomic E-state index is 11.4. The molecule has 0 radical (unpaired) electrons. The fourth-order valence-electron chi connectivity index (χ4n) is 1.58. The molecule has 1 saturated heterocycles. The molecule has 6 heteroatoms. The Balaban J connectivity index is 1.94. The Morgan fingerprint density at radius 2 is 2.44 bits per heavy atom. The molecular formula is C10H8N2O2S2. The number of ether oxygens (including phenoxy) is 1. The first-order chi connectivity index (χ1) is 7.84. The van der Waals surface area contributed by atoms with Gasteiger partial charge in [-0.05, 0) is 11.4 Å². The monoisotopic (exact) mass is 252 g/mol. The van der Waals surface area contributed by atoms with Crippen LogP contribution < -0.4 is 0 Å². The molecule has 0 aromatic carbocycles. The van der Waals surface area contributed by atoms with Gasteiger partial charge in [0.05, 0.1) is 6.61 Å². The molecule has 0 unspecified atom stereocenters. The molecule has 0 bridgehead atoms. The Kier molecular flexibility index (Phi) is 2.53. The van der Waals surface area contributed by atoms with Crippen molar-refractivity contribution in [2.24, 2.45) is 0 Å². The van der Waals surface area contributed by atoms with Gasteiger partial charge in [-0.3, -0.25) is 4.79 Å².